The summed E-state index contributed by atoms with van der Waals surface area (Å²) in [6, 6.07) is 6.30. The van der Waals surface area contributed by atoms with Gasteiger partial charge < -0.3 is 10.1 Å². The first-order chi connectivity index (χ1) is 10.1. The van der Waals surface area contributed by atoms with E-state index < -0.39 is 5.54 Å². The number of carbonyl (C=O) groups excluding carboxylic acids is 1. The summed E-state index contributed by atoms with van der Waals surface area (Å²) in [6.07, 6.45) is 6.30. The van der Waals surface area contributed by atoms with Gasteiger partial charge in [0, 0.05) is 5.69 Å². The van der Waals surface area contributed by atoms with Crippen molar-refractivity contribution in [3.63, 3.8) is 0 Å². The summed E-state index contributed by atoms with van der Waals surface area (Å²) >= 11 is 0. The van der Waals surface area contributed by atoms with Gasteiger partial charge in [0.25, 0.3) is 0 Å². The number of benzene rings is 1. The summed E-state index contributed by atoms with van der Waals surface area (Å²) in [5, 5.41) is 3.28. The molecule has 2 aliphatic rings. The van der Waals surface area contributed by atoms with E-state index in [1.165, 1.54) is 38.5 Å². The van der Waals surface area contributed by atoms with E-state index in [9.17, 15) is 9.18 Å². The van der Waals surface area contributed by atoms with Crippen LogP contribution in [0.15, 0.2) is 24.3 Å². The topological polar surface area (TPSA) is 38.3 Å². The highest BCUT2D eigenvalue weighted by atomic mass is 19.1. The third-order valence-electron chi connectivity index (χ3n) is 4.86. The van der Waals surface area contributed by atoms with E-state index in [0.29, 0.717) is 11.6 Å². The van der Waals surface area contributed by atoms with Crippen LogP contribution in [0.4, 0.5) is 10.1 Å². The quantitative estimate of drug-likeness (QED) is 0.859. The Morgan fingerprint density at radius 1 is 1.33 bits per heavy atom. The maximum atomic E-state index is 13.4. The minimum Gasteiger partial charge on any atom is -0.467 e. The van der Waals surface area contributed by atoms with Crippen LogP contribution in [-0.2, 0) is 9.53 Å². The van der Waals surface area contributed by atoms with Gasteiger partial charge in [-0.1, -0.05) is 12.5 Å². The molecule has 2 aliphatic carbocycles. The molecule has 1 aromatic carbocycles. The van der Waals surface area contributed by atoms with Crippen molar-refractivity contribution < 1.29 is 13.9 Å². The molecular weight excluding hydrogens is 269 g/mol. The van der Waals surface area contributed by atoms with Gasteiger partial charge in [-0.3, -0.25) is 0 Å². The van der Waals surface area contributed by atoms with Crippen LogP contribution in [0.2, 0.25) is 0 Å². The van der Waals surface area contributed by atoms with Crippen molar-refractivity contribution in [2.75, 3.05) is 12.4 Å². The molecule has 0 aliphatic heterocycles. The lowest BCUT2D eigenvalue weighted by Gasteiger charge is -2.40. The summed E-state index contributed by atoms with van der Waals surface area (Å²) in [5.41, 5.74) is -0.0505. The van der Waals surface area contributed by atoms with Crippen molar-refractivity contribution in [3.8, 4) is 0 Å². The van der Waals surface area contributed by atoms with Gasteiger partial charge in [0.2, 0.25) is 0 Å². The molecule has 2 saturated carbocycles. The van der Waals surface area contributed by atoms with Crippen molar-refractivity contribution in [3.05, 3.63) is 30.1 Å². The molecule has 3 nitrogen and oxygen atoms in total. The van der Waals surface area contributed by atoms with Crippen LogP contribution >= 0.6 is 0 Å². The van der Waals surface area contributed by atoms with E-state index in [1.54, 1.807) is 12.1 Å². The fourth-order valence-electron chi connectivity index (χ4n) is 3.68. The Kier molecular flexibility index (Phi) is 3.87. The Balaban J connectivity index is 1.83. The molecule has 0 aromatic heterocycles. The van der Waals surface area contributed by atoms with Crippen molar-refractivity contribution in [1.29, 1.82) is 0 Å². The first kappa shape index (κ1) is 14.4. The molecule has 4 heteroatoms. The van der Waals surface area contributed by atoms with E-state index in [-0.39, 0.29) is 11.8 Å². The normalized spacial score (nSPS) is 29.0. The number of methoxy groups -OCH3 is 1. The van der Waals surface area contributed by atoms with Crippen LogP contribution in [0.1, 0.15) is 38.5 Å². The number of hydrogen-bond donors (Lipinski definition) is 1. The summed E-state index contributed by atoms with van der Waals surface area (Å²) < 4.78 is 18.4. The van der Waals surface area contributed by atoms with Crippen molar-refractivity contribution in [1.82, 2.24) is 0 Å². The lowest BCUT2D eigenvalue weighted by molar-refractivity contribution is -0.148. The highest BCUT2D eigenvalue weighted by molar-refractivity contribution is 5.84. The molecule has 0 amide bonds. The standard InChI is InChI=1S/C17H22FNO2/c1-21-16(20)17(19-15-6-2-5-14(18)10-15)9-3-4-13(11-17)12-7-8-12/h2,5-6,10,12-13,19H,3-4,7-9,11H2,1H3. The molecule has 1 N–H and O–H groups in total. The van der Waals surface area contributed by atoms with Crippen molar-refractivity contribution >= 4 is 11.7 Å². The minimum absolute atomic E-state index is 0.225. The van der Waals surface area contributed by atoms with Gasteiger partial charge in [-0.25, -0.2) is 9.18 Å². The van der Waals surface area contributed by atoms with Crippen LogP contribution in [0.5, 0.6) is 0 Å². The first-order valence-corrected chi connectivity index (χ1v) is 7.75. The molecule has 2 fully saturated rings. The third-order valence-corrected chi connectivity index (χ3v) is 4.86. The molecule has 0 saturated heterocycles. The molecule has 1 aromatic rings. The summed E-state index contributed by atoms with van der Waals surface area (Å²) in [6.45, 7) is 0. The second-order valence-electron chi connectivity index (χ2n) is 6.40. The molecule has 0 radical (unpaired) electrons. The van der Waals surface area contributed by atoms with Crippen LogP contribution < -0.4 is 5.32 Å². The molecule has 3 rings (SSSR count). The Labute approximate surface area is 124 Å². The lowest BCUT2D eigenvalue weighted by atomic mass is 9.73. The largest absolute Gasteiger partial charge is 0.467 e. The highest BCUT2D eigenvalue weighted by Crippen LogP contribution is 2.47. The summed E-state index contributed by atoms with van der Waals surface area (Å²) in [7, 11) is 1.43. The number of anilines is 1. The van der Waals surface area contributed by atoms with Crippen molar-refractivity contribution in [2.45, 2.75) is 44.1 Å². The van der Waals surface area contributed by atoms with E-state index in [0.717, 1.165) is 25.2 Å². The monoisotopic (exact) mass is 291 g/mol. The number of carbonyl (C=O) groups is 1. The fraction of sp³-hybridized carbons (Fsp3) is 0.588. The zero-order valence-corrected chi connectivity index (χ0v) is 12.4. The highest BCUT2D eigenvalue weighted by Gasteiger charge is 2.47. The minimum atomic E-state index is -0.700. The average molecular weight is 291 g/mol. The number of esters is 1. The Morgan fingerprint density at radius 2 is 2.14 bits per heavy atom. The van der Waals surface area contributed by atoms with E-state index in [4.69, 9.17) is 4.74 Å². The second-order valence-corrected chi connectivity index (χ2v) is 6.40. The Bertz CT molecular complexity index is 529. The summed E-state index contributed by atoms with van der Waals surface area (Å²) in [4.78, 5) is 12.4. The SMILES string of the molecule is COC(=O)C1(Nc2cccc(F)c2)CCCC(C2CC2)C1. The maximum absolute atomic E-state index is 13.4. The first-order valence-electron chi connectivity index (χ1n) is 7.75. The Hall–Kier alpha value is -1.58. The molecule has 2 unspecified atom stereocenters. The predicted molar refractivity (Wildman–Crippen MR) is 79.5 cm³/mol. The van der Waals surface area contributed by atoms with Crippen molar-refractivity contribution in [2.24, 2.45) is 11.8 Å². The smallest absolute Gasteiger partial charge is 0.331 e. The van der Waals surface area contributed by atoms with Crippen LogP contribution in [0.25, 0.3) is 0 Å². The molecule has 0 spiro atoms. The molecule has 114 valence electrons. The van der Waals surface area contributed by atoms with Crippen LogP contribution in [0.3, 0.4) is 0 Å². The molecule has 0 bridgehead atoms. The number of hydrogen-bond acceptors (Lipinski definition) is 3. The number of nitrogens with one attached hydrogen (secondary N) is 1. The van der Waals surface area contributed by atoms with Gasteiger partial charge in [0.05, 0.1) is 7.11 Å². The lowest BCUT2D eigenvalue weighted by Crippen LogP contribution is -2.51. The van der Waals surface area contributed by atoms with Gasteiger partial charge in [0.15, 0.2) is 0 Å². The van der Waals surface area contributed by atoms with Gasteiger partial charge in [-0.05, 0) is 62.1 Å². The number of halogens is 1. The fourth-order valence-corrected chi connectivity index (χ4v) is 3.68. The number of ether oxygens (including phenoxy) is 1. The second kappa shape index (κ2) is 5.66. The number of rotatable bonds is 4. The molecule has 21 heavy (non-hydrogen) atoms. The zero-order valence-electron chi connectivity index (χ0n) is 12.4. The van der Waals surface area contributed by atoms with Gasteiger partial charge in [0.1, 0.15) is 11.4 Å². The van der Waals surface area contributed by atoms with E-state index in [1.807, 2.05) is 0 Å². The Morgan fingerprint density at radius 3 is 2.81 bits per heavy atom. The third kappa shape index (κ3) is 3.04. The maximum Gasteiger partial charge on any atom is 0.331 e. The molecular formula is C17H22FNO2. The molecule has 0 heterocycles. The van der Waals surface area contributed by atoms with Crippen LogP contribution in [-0.4, -0.2) is 18.6 Å². The van der Waals surface area contributed by atoms with Gasteiger partial charge >= 0.3 is 5.97 Å². The summed E-state index contributed by atoms with van der Waals surface area (Å²) in [5.74, 6) is 0.828. The van der Waals surface area contributed by atoms with E-state index >= 15 is 0 Å². The zero-order chi connectivity index (χ0) is 14.9. The van der Waals surface area contributed by atoms with E-state index in [2.05, 4.69) is 5.32 Å². The average Bonchev–Trinajstić information content (AvgIpc) is 3.31. The molecule has 2 atom stereocenters. The van der Waals surface area contributed by atoms with Gasteiger partial charge in [-0.15, -0.1) is 0 Å². The van der Waals surface area contributed by atoms with Crippen LogP contribution in [0, 0.1) is 17.7 Å². The van der Waals surface area contributed by atoms with Gasteiger partial charge in [-0.2, -0.15) is 0 Å². The predicted octanol–water partition coefficient (Wildman–Crippen LogP) is 3.75.